The number of hydrogen-bond acceptors (Lipinski definition) is 6. The highest BCUT2D eigenvalue weighted by Crippen LogP contribution is 2.29. The van der Waals surface area contributed by atoms with Crippen molar-refractivity contribution in [2.75, 3.05) is 10.0 Å². The number of thiol groups is 1. The lowest BCUT2D eigenvalue weighted by Gasteiger charge is -2.13. The predicted octanol–water partition coefficient (Wildman–Crippen LogP) is 4.73. The zero-order valence-electron chi connectivity index (χ0n) is 16.3. The number of carbonyl (C=O) groups is 1. The Morgan fingerprint density at radius 3 is 2.58 bits per heavy atom. The van der Waals surface area contributed by atoms with E-state index in [-0.39, 0.29) is 26.3 Å². The van der Waals surface area contributed by atoms with Crippen LogP contribution >= 0.6 is 35.8 Å². The molecule has 8 nitrogen and oxygen atoms in total. The van der Waals surface area contributed by atoms with Crippen LogP contribution in [0.25, 0.3) is 0 Å². The molecule has 164 valence electrons. The van der Waals surface area contributed by atoms with Crippen molar-refractivity contribution < 1.29 is 13.2 Å². The minimum Gasteiger partial charge on any atom is -0.322 e. The average molecular weight is 500 g/mol. The number of aromatic nitrogens is 3. The molecular weight excluding hydrogens is 481 g/mol. The normalized spacial score (nSPS) is 11.4. The third-order valence-electron chi connectivity index (χ3n) is 4.28. The maximum atomic E-state index is 13.0. The average Bonchev–Trinajstić information content (AvgIpc) is 3.14. The maximum absolute atomic E-state index is 13.0. The monoisotopic (exact) mass is 499 g/mol. The molecule has 0 bridgehead atoms. The molecule has 0 aliphatic rings. The van der Waals surface area contributed by atoms with Crippen LogP contribution in [0, 0.1) is 0 Å². The number of sulfonamides is 1. The summed E-state index contributed by atoms with van der Waals surface area (Å²) in [6.45, 7) is 2.58. The molecule has 0 aliphatic carbocycles. The first-order valence-electron chi connectivity index (χ1n) is 9.21. The summed E-state index contributed by atoms with van der Waals surface area (Å²) in [6, 6.07) is 8.93. The van der Waals surface area contributed by atoms with Gasteiger partial charge in [-0.15, -0.1) is 22.8 Å². The highest BCUT2D eigenvalue weighted by molar-refractivity contribution is 7.93. The third-order valence-corrected chi connectivity index (χ3v) is 6.73. The molecule has 12 heteroatoms. The Morgan fingerprint density at radius 1 is 1.19 bits per heavy atom. The van der Waals surface area contributed by atoms with Gasteiger partial charge in [-0.3, -0.25) is 9.36 Å². The fraction of sp³-hybridized carbons (Fsp3) is 0.211. The number of benzene rings is 2. The molecule has 3 aromatic rings. The second kappa shape index (κ2) is 9.90. The molecule has 1 aromatic heterocycles. The standard InChI is InChI=1S/C19H19Cl2N5O3S2/c1-2-3-8-26-11-22-24-19(26)25-31(28,29)17-9-14(15(21)10-16(17)30)18(27)23-13-6-4-12(20)5-7-13/h4-7,9-11,30H,2-3,8H2,1H3,(H,23,27)(H,24,25). The number of aryl methyl sites for hydroxylation is 1. The van der Waals surface area contributed by atoms with Gasteiger partial charge in [0.05, 0.1) is 10.6 Å². The number of halogens is 2. The van der Waals surface area contributed by atoms with Crippen LogP contribution in [0.15, 0.2) is 52.5 Å². The fourth-order valence-corrected chi connectivity index (χ4v) is 4.79. The Kier molecular flexibility index (Phi) is 7.47. The van der Waals surface area contributed by atoms with E-state index in [1.54, 1.807) is 28.8 Å². The summed E-state index contributed by atoms with van der Waals surface area (Å²) in [5, 5.41) is 10.8. The van der Waals surface area contributed by atoms with E-state index >= 15 is 0 Å². The van der Waals surface area contributed by atoms with Crippen molar-refractivity contribution in [2.24, 2.45) is 0 Å². The van der Waals surface area contributed by atoms with Crippen LogP contribution in [0.2, 0.25) is 10.0 Å². The molecule has 0 unspecified atom stereocenters. The van der Waals surface area contributed by atoms with Gasteiger partial charge in [0.15, 0.2) is 0 Å². The predicted molar refractivity (Wildman–Crippen MR) is 124 cm³/mol. The van der Waals surface area contributed by atoms with E-state index in [4.69, 9.17) is 23.2 Å². The van der Waals surface area contributed by atoms with Crippen molar-refractivity contribution in [3.8, 4) is 0 Å². The molecule has 31 heavy (non-hydrogen) atoms. The van der Waals surface area contributed by atoms with Gasteiger partial charge in [-0.2, -0.15) is 0 Å². The van der Waals surface area contributed by atoms with E-state index in [0.29, 0.717) is 17.3 Å². The Morgan fingerprint density at radius 2 is 1.90 bits per heavy atom. The molecule has 2 N–H and O–H groups in total. The summed E-state index contributed by atoms with van der Waals surface area (Å²) in [5.74, 6) is -0.508. The van der Waals surface area contributed by atoms with Gasteiger partial charge in [0.25, 0.3) is 15.9 Å². The van der Waals surface area contributed by atoms with Crippen molar-refractivity contribution in [1.29, 1.82) is 0 Å². The first kappa shape index (κ1) is 23.4. The van der Waals surface area contributed by atoms with Crippen molar-refractivity contribution in [3.05, 3.63) is 58.3 Å². The number of amides is 1. The van der Waals surface area contributed by atoms with Gasteiger partial charge >= 0.3 is 0 Å². The van der Waals surface area contributed by atoms with Crippen LogP contribution in [0.5, 0.6) is 0 Å². The number of nitrogens with zero attached hydrogens (tertiary/aromatic N) is 3. The van der Waals surface area contributed by atoms with Crippen molar-refractivity contribution >= 4 is 63.4 Å². The second-order valence-corrected chi connectivity index (χ2v) is 9.54. The van der Waals surface area contributed by atoms with E-state index in [1.165, 1.54) is 18.5 Å². The molecule has 0 saturated carbocycles. The van der Waals surface area contributed by atoms with Crippen LogP contribution in [0.3, 0.4) is 0 Å². The summed E-state index contributed by atoms with van der Waals surface area (Å²) >= 11 is 16.3. The lowest BCUT2D eigenvalue weighted by Crippen LogP contribution is -2.19. The molecular formula is C19H19Cl2N5O3S2. The number of carbonyl (C=O) groups excluding carboxylic acids is 1. The lowest BCUT2D eigenvalue weighted by molar-refractivity contribution is 0.102. The van der Waals surface area contributed by atoms with Crippen LogP contribution in [0.1, 0.15) is 30.1 Å². The third kappa shape index (κ3) is 5.70. The van der Waals surface area contributed by atoms with Crippen molar-refractivity contribution in [2.45, 2.75) is 36.1 Å². The largest absolute Gasteiger partial charge is 0.322 e. The minimum atomic E-state index is -4.12. The first-order valence-corrected chi connectivity index (χ1v) is 11.9. The first-order chi connectivity index (χ1) is 14.7. The summed E-state index contributed by atoms with van der Waals surface area (Å²) in [5.41, 5.74) is 0.453. The summed E-state index contributed by atoms with van der Waals surface area (Å²) < 4.78 is 30.0. The quantitative estimate of drug-likeness (QED) is 0.388. The zero-order chi connectivity index (χ0) is 22.6. The van der Waals surface area contributed by atoms with E-state index < -0.39 is 15.9 Å². The van der Waals surface area contributed by atoms with Gasteiger partial charge in [-0.05, 0) is 42.8 Å². The number of nitrogens with one attached hydrogen (secondary N) is 2. The molecule has 0 spiro atoms. The Labute approximate surface area is 195 Å². The SMILES string of the molecule is CCCCn1cnnc1NS(=O)(=O)c1cc(C(=O)Nc2ccc(Cl)cc2)c(Cl)cc1S. The maximum Gasteiger partial charge on any atom is 0.265 e. The Balaban J connectivity index is 1.90. The van der Waals surface area contributed by atoms with Crippen molar-refractivity contribution in [3.63, 3.8) is 0 Å². The molecule has 0 fully saturated rings. The summed E-state index contributed by atoms with van der Waals surface area (Å²) in [4.78, 5) is 12.6. The fourth-order valence-electron chi connectivity index (χ4n) is 2.67. The van der Waals surface area contributed by atoms with Crippen LogP contribution < -0.4 is 10.0 Å². The number of hydrogen-bond donors (Lipinski definition) is 3. The highest BCUT2D eigenvalue weighted by atomic mass is 35.5. The Hall–Kier alpha value is -2.27. The molecule has 0 saturated heterocycles. The van der Waals surface area contributed by atoms with Gasteiger partial charge in [-0.1, -0.05) is 36.5 Å². The summed E-state index contributed by atoms with van der Waals surface area (Å²) in [7, 11) is -4.12. The van der Waals surface area contributed by atoms with E-state index in [1.807, 2.05) is 6.92 Å². The summed E-state index contributed by atoms with van der Waals surface area (Å²) in [6.07, 6.45) is 3.21. The molecule has 1 heterocycles. The van der Waals surface area contributed by atoms with Gasteiger partial charge in [-0.25, -0.2) is 13.1 Å². The lowest BCUT2D eigenvalue weighted by atomic mass is 10.2. The highest BCUT2D eigenvalue weighted by Gasteiger charge is 2.24. The van der Waals surface area contributed by atoms with Crippen LogP contribution in [-0.4, -0.2) is 29.1 Å². The second-order valence-electron chi connectivity index (χ2n) is 6.57. The molecule has 1 amide bonds. The molecule has 0 atom stereocenters. The van der Waals surface area contributed by atoms with Gasteiger partial charge < -0.3 is 5.32 Å². The number of unbranched alkanes of at least 4 members (excludes halogenated alkanes) is 1. The molecule has 0 radical (unpaired) electrons. The van der Waals surface area contributed by atoms with Crippen molar-refractivity contribution in [1.82, 2.24) is 14.8 Å². The van der Waals surface area contributed by atoms with E-state index in [9.17, 15) is 13.2 Å². The Bertz CT molecular complexity index is 1200. The molecule has 2 aromatic carbocycles. The van der Waals surface area contributed by atoms with E-state index in [2.05, 4.69) is 32.9 Å². The van der Waals surface area contributed by atoms with Gasteiger partial charge in [0, 0.05) is 22.2 Å². The molecule has 0 aliphatic heterocycles. The smallest absolute Gasteiger partial charge is 0.265 e. The van der Waals surface area contributed by atoms with Crippen LogP contribution in [-0.2, 0) is 16.6 Å². The van der Waals surface area contributed by atoms with Crippen LogP contribution in [0.4, 0.5) is 11.6 Å². The zero-order valence-corrected chi connectivity index (χ0v) is 19.6. The molecule has 3 rings (SSSR count). The van der Waals surface area contributed by atoms with E-state index in [0.717, 1.165) is 12.8 Å². The topological polar surface area (TPSA) is 106 Å². The van der Waals surface area contributed by atoms with Gasteiger partial charge in [0.2, 0.25) is 5.95 Å². The number of anilines is 2. The van der Waals surface area contributed by atoms with Gasteiger partial charge in [0.1, 0.15) is 11.2 Å². The number of rotatable bonds is 8. The minimum absolute atomic E-state index is 0.0257.